The van der Waals surface area contributed by atoms with E-state index in [0.29, 0.717) is 6.54 Å². The number of benzene rings is 1. The largest absolute Gasteiger partial charge is 0.463 e. The van der Waals surface area contributed by atoms with Gasteiger partial charge in [-0.2, -0.15) is 11.8 Å². The minimum Gasteiger partial charge on any atom is -0.463 e. The zero-order chi connectivity index (χ0) is 13.0. The van der Waals surface area contributed by atoms with Crippen LogP contribution in [0.5, 0.6) is 0 Å². The topological polar surface area (TPSA) is 25.2 Å². The molecular formula is C14H16ClNOS. The van der Waals surface area contributed by atoms with Gasteiger partial charge >= 0.3 is 0 Å². The maximum atomic E-state index is 5.98. The third-order valence-electron chi connectivity index (χ3n) is 2.66. The van der Waals surface area contributed by atoms with E-state index in [9.17, 15) is 0 Å². The predicted molar refractivity (Wildman–Crippen MR) is 79.4 cm³/mol. The van der Waals surface area contributed by atoms with Crippen LogP contribution in [0.15, 0.2) is 34.7 Å². The molecule has 0 saturated heterocycles. The van der Waals surface area contributed by atoms with Crippen molar-refractivity contribution in [1.82, 2.24) is 0 Å². The molecule has 1 heterocycles. The van der Waals surface area contributed by atoms with Gasteiger partial charge in [-0.3, -0.25) is 0 Å². The number of thioether (sulfide) groups is 1. The highest BCUT2D eigenvalue weighted by molar-refractivity contribution is 7.97. The van der Waals surface area contributed by atoms with Gasteiger partial charge in [-0.05, 0) is 43.0 Å². The van der Waals surface area contributed by atoms with Crippen LogP contribution in [-0.2, 0) is 12.3 Å². The number of halogens is 1. The van der Waals surface area contributed by atoms with Crippen molar-refractivity contribution >= 4 is 29.1 Å². The van der Waals surface area contributed by atoms with Gasteiger partial charge in [0, 0.05) is 10.7 Å². The van der Waals surface area contributed by atoms with Gasteiger partial charge in [0.05, 0.1) is 12.3 Å². The van der Waals surface area contributed by atoms with Crippen molar-refractivity contribution < 1.29 is 4.42 Å². The SMILES string of the molecule is CSCc1ccc(CNc2cc(Cl)ccc2C)o1. The van der Waals surface area contributed by atoms with Crippen LogP contribution in [0.25, 0.3) is 0 Å². The van der Waals surface area contributed by atoms with Crippen molar-refractivity contribution in [3.05, 3.63) is 52.4 Å². The maximum absolute atomic E-state index is 5.98. The summed E-state index contributed by atoms with van der Waals surface area (Å²) in [5, 5.41) is 4.08. The minimum atomic E-state index is 0.676. The normalized spacial score (nSPS) is 10.6. The molecule has 0 spiro atoms. The second-order valence-electron chi connectivity index (χ2n) is 4.11. The van der Waals surface area contributed by atoms with Gasteiger partial charge in [-0.15, -0.1) is 0 Å². The fraction of sp³-hybridized carbons (Fsp3) is 0.286. The molecule has 18 heavy (non-hydrogen) atoms. The first-order valence-electron chi connectivity index (χ1n) is 5.75. The number of anilines is 1. The number of hydrogen-bond acceptors (Lipinski definition) is 3. The number of furan rings is 1. The smallest absolute Gasteiger partial charge is 0.123 e. The monoisotopic (exact) mass is 281 g/mol. The van der Waals surface area contributed by atoms with Crippen LogP contribution in [0.1, 0.15) is 17.1 Å². The van der Waals surface area contributed by atoms with Crippen LogP contribution in [0, 0.1) is 6.92 Å². The Morgan fingerprint density at radius 1 is 1.22 bits per heavy atom. The molecule has 96 valence electrons. The van der Waals surface area contributed by atoms with Gasteiger partial charge in [0.15, 0.2) is 0 Å². The Balaban J connectivity index is 1.99. The number of aryl methyl sites for hydroxylation is 1. The van der Waals surface area contributed by atoms with Crippen molar-refractivity contribution in [3.63, 3.8) is 0 Å². The molecule has 1 aromatic carbocycles. The Labute approximate surface area is 117 Å². The zero-order valence-electron chi connectivity index (χ0n) is 10.5. The summed E-state index contributed by atoms with van der Waals surface area (Å²) >= 11 is 7.73. The molecule has 0 atom stereocenters. The average molecular weight is 282 g/mol. The van der Waals surface area contributed by atoms with E-state index >= 15 is 0 Å². The molecule has 0 amide bonds. The van der Waals surface area contributed by atoms with Gasteiger partial charge in [0.25, 0.3) is 0 Å². The highest BCUT2D eigenvalue weighted by atomic mass is 35.5. The third kappa shape index (κ3) is 3.47. The van der Waals surface area contributed by atoms with E-state index in [1.165, 1.54) is 5.56 Å². The van der Waals surface area contributed by atoms with Crippen LogP contribution in [0.3, 0.4) is 0 Å². The lowest BCUT2D eigenvalue weighted by Crippen LogP contribution is -1.99. The molecule has 0 fully saturated rings. The highest BCUT2D eigenvalue weighted by Gasteiger charge is 2.03. The lowest BCUT2D eigenvalue weighted by molar-refractivity contribution is 0.487. The van der Waals surface area contributed by atoms with Gasteiger partial charge in [-0.25, -0.2) is 0 Å². The molecule has 0 aliphatic heterocycles. The van der Waals surface area contributed by atoms with Gasteiger partial charge in [0.2, 0.25) is 0 Å². The quantitative estimate of drug-likeness (QED) is 0.859. The predicted octanol–water partition coefficient (Wildman–Crippen LogP) is 4.72. The summed E-state index contributed by atoms with van der Waals surface area (Å²) in [6.45, 7) is 2.73. The molecule has 2 nitrogen and oxygen atoms in total. The van der Waals surface area contributed by atoms with Crippen molar-refractivity contribution in [2.24, 2.45) is 0 Å². The minimum absolute atomic E-state index is 0.676. The Morgan fingerprint density at radius 2 is 2.00 bits per heavy atom. The lowest BCUT2D eigenvalue weighted by Gasteiger charge is -2.08. The Kier molecular flexibility index (Phi) is 4.61. The van der Waals surface area contributed by atoms with E-state index in [2.05, 4.69) is 18.5 Å². The molecule has 2 aromatic rings. The Hall–Kier alpha value is -1.06. The Morgan fingerprint density at radius 3 is 2.78 bits per heavy atom. The number of hydrogen-bond donors (Lipinski definition) is 1. The van der Waals surface area contributed by atoms with Crippen LogP contribution in [-0.4, -0.2) is 6.26 Å². The molecule has 0 aliphatic rings. The van der Waals surface area contributed by atoms with E-state index in [0.717, 1.165) is 28.0 Å². The molecule has 4 heteroatoms. The van der Waals surface area contributed by atoms with E-state index in [-0.39, 0.29) is 0 Å². The first kappa shape index (κ1) is 13.4. The van der Waals surface area contributed by atoms with Crippen LogP contribution in [0.2, 0.25) is 5.02 Å². The summed E-state index contributed by atoms with van der Waals surface area (Å²) in [5.74, 6) is 2.87. The summed E-state index contributed by atoms with van der Waals surface area (Å²) in [6, 6.07) is 9.87. The van der Waals surface area contributed by atoms with Crippen molar-refractivity contribution in [2.75, 3.05) is 11.6 Å². The number of nitrogens with one attached hydrogen (secondary N) is 1. The summed E-state index contributed by atoms with van der Waals surface area (Å²) in [6.07, 6.45) is 2.07. The standard InChI is InChI=1S/C14H16ClNOS/c1-10-3-4-11(15)7-14(10)16-8-12-5-6-13(17-12)9-18-2/h3-7,16H,8-9H2,1-2H3. The molecular weight excluding hydrogens is 266 g/mol. The number of rotatable bonds is 5. The average Bonchev–Trinajstić information content (AvgIpc) is 2.79. The lowest BCUT2D eigenvalue weighted by atomic mass is 10.2. The van der Waals surface area contributed by atoms with Crippen LogP contribution >= 0.6 is 23.4 Å². The molecule has 0 unspecified atom stereocenters. The summed E-state index contributed by atoms with van der Waals surface area (Å²) < 4.78 is 5.70. The first-order valence-corrected chi connectivity index (χ1v) is 7.53. The first-order chi connectivity index (χ1) is 8.69. The van der Waals surface area contributed by atoms with E-state index in [4.69, 9.17) is 16.0 Å². The van der Waals surface area contributed by atoms with Gasteiger partial charge in [0.1, 0.15) is 11.5 Å². The van der Waals surface area contributed by atoms with Crippen molar-refractivity contribution in [3.8, 4) is 0 Å². The maximum Gasteiger partial charge on any atom is 0.123 e. The molecule has 0 radical (unpaired) electrons. The van der Waals surface area contributed by atoms with Crippen LogP contribution < -0.4 is 5.32 Å². The summed E-state index contributed by atoms with van der Waals surface area (Å²) in [4.78, 5) is 0. The second kappa shape index (κ2) is 6.21. The van der Waals surface area contributed by atoms with Gasteiger partial charge < -0.3 is 9.73 Å². The van der Waals surface area contributed by atoms with Gasteiger partial charge in [-0.1, -0.05) is 17.7 Å². The van der Waals surface area contributed by atoms with E-state index in [1.54, 1.807) is 11.8 Å². The molecule has 1 aromatic heterocycles. The van der Waals surface area contributed by atoms with E-state index in [1.807, 2.05) is 30.3 Å². The molecule has 0 saturated carbocycles. The Bertz CT molecular complexity index is 524. The van der Waals surface area contributed by atoms with Crippen LogP contribution in [0.4, 0.5) is 5.69 Å². The van der Waals surface area contributed by atoms with E-state index < -0.39 is 0 Å². The summed E-state index contributed by atoms with van der Waals surface area (Å²) in [7, 11) is 0. The fourth-order valence-corrected chi connectivity index (χ4v) is 2.32. The molecule has 0 aliphatic carbocycles. The second-order valence-corrected chi connectivity index (χ2v) is 5.42. The summed E-state index contributed by atoms with van der Waals surface area (Å²) in [5.41, 5.74) is 2.22. The van der Waals surface area contributed by atoms with Crippen molar-refractivity contribution in [2.45, 2.75) is 19.2 Å². The zero-order valence-corrected chi connectivity index (χ0v) is 12.1. The molecule has 1 N–H and O–H groups in total. The molecule has 2 rings (SSSR count). The highest BCUT2D eigenvalue weighted by Crippen LogP contribution is 2.21. The fourth-order valence-electron chi connectivity index (χ4n) is 1.70. The van der Waals surface area contributed by atoms with Crippen molar-refractivity contribution in [1.29, 1.82) is 0 Å². The third-order valence-corrected chi connectivity index (χ3v) is 3.46. The molecule has 0 bridgehead atoms.